The fraction of sp³-hybridized carbons (Fsp3) is 0.500. The van der Waals surface area contributed by atoms with Gasteiger partial charge in [-0.3, -0.25) is 4.98 Å². The monoisotopic (exact) mass is 315 g/mol. The molecule has 20 heavy (non-hydrogen) atoms. The van der Waals surface area contributed by atoms with E-state index in [2.05, 4.69) is 9.71 Å². The normalized spacial score (nSPS) is 15.2. The van der Waals surface area contributed by atoms with E-state index in [9.17, 15) is 8.42 Å². The van der Waals surface area contributed by atoms with Crippen molar-refractivity contribution in [3.8, 4) is 0 Å². The number of rotatable bonds is 8. The molecule has 1 aromatic heterocycles. The smallest absolute Gasteiger partial charge is 0.242 e. The van der Waals surface area contributed by atoms with E-state index in [-0.39, 0.29) is 16.4 Å². The zero-order valence-corrected chi connectivity index (χ0v) is 12.5. The summed E-state index contributed by atoms with van der Waals surface area (Å²) in [6.07, 6.45) is 3.67. The van der Waals surface area contributed by atoms with Gasteiger partial charge in [-0.25, -0.2) is 13.1 Å². The van der Waals surface area contributed by atoms with Gasteiger partial charge in [0, 0.05) is 19.3 Å². The van der Waals surface area contributed by atoms with Gasteiger partial charge in [0.25, 0.3) is 0 Å². The van der Waals surface area contributed by atoms with Crippen molar-refractivity contribution in [3.05, 3.63) is 24.0 Å². The van der Waals surface area contributed by atoms with Crippen LogP contribution in [0.15, 0.2) is 23.2 Å². The van der Waals surface area contributed by atoms with E-state index < -0.39 is 10.0 Å². The third-order valence-electron chi connectivity index (χ3n) is 2.89. The van der Waals surface area contributed by atoms with E-state index in [1.165, 1.54) is 31.2 Å². The van der Waals surface area contributed by atoms with Gasteiger partial charge in [0.15, 0.2) is 0 Å². The van der Waals surface area contributed by atoms with Gasteiger partial charge in [-0.05, 0) is 30.9 Å². The fourth-order valence-electron chi connectivity index (χ4n) is 1.55. The first-order valence-electron chi connectivity index (χ1n) is 6.32. The molecule has 0 atom stereocenters. The minimum absolute atomic E-state index is 0.0830. The molecule has 0 aliphatic heterocycles. The number of nitrogens with two attached hydrogens (primary N) is 1. The number of nitrogens with one attached hydrogen (secondary N) is 1. The Morgan fingerprint density at radius 1 is 1.50 bits per heavy atom. The van der Waals surface area contributed by atoms with Gasteiger partial charge in [0.1, 0.15) is 9.88 Å². The van der Waals surface area contributed by atoms with Gasteiger partial charge < -0.3 is 10.5 Å². The molecule has 1 saturated carbocycles. The lowest BCUT2D eigenvalue weighted by molar-refractivity contribution is 0.129. The molecule has 0 amide bonds. The quantitative estimate of drug-likeness (QED) is 0.533. The highest BCUT2D eigenvalue weighted by molar-refractivity contribution is 7.89. The molecule has 1 heterocycles. The van der Waals surface area contributed by atoms with Crippen LogP contribution < -0.4 is 10.5 Å². The number of ether oxygens (including phenoxy) is 1. The molecular formula is C12H17N3O3S2. The van der Waals surface area contributed by atoms with E-state index in [0.717, 1.165) is 0 Å². The molecule has 2 rings (SSSR count). The lowest BCUT2D eigenvalue weighted by atomic mass is 10.3. The van der Waals surface area contributed by atoms with Crippen LogP contribution in [0, 0.1) is 5.92 Å². The van der Waals surface area contributed by atoms with Crippen LogP contribution >= 0.6 is 12.2 Å². The highest BCUT2D eigenvalue weighted by atomic mass is 32.2. The predicted molar refractivity (Wildman–Crippen MR) is 78.9 cm³/mol. The van der Waals surface area contributed by atoms with Gasteiger partial charge in [-0.15, -0.1) is 0 Å². The Balaban J connectivity index is 1.83. The zero-order chi connectivity index (χ0) is 14.6. The van der Waals surface area contributed by atoms with Crippen LogP contribution in [-0.2, 0) is 14.8 Å². The molecule has 6 nitrogen and oxygen atoms in total. The molecule has 0 saturated heterocycles. The van der Waals surface area contributed by atoms with Gasteiger partial charge in [0.05, 0.1) is 12.3 Å². The summed E-state index contributed by atoms with van der Waals surface area (Å²) in [5, 5.41) is 0. The van der Waals surface area contributed by atoms with Crippen LogP contribution in [0.25, 0.3) is 0 Å². The summed E-state index contributed by atoms with van der Waals surface area (Å²) in [4.78, 5) is 4.12. The van der Waals surface area contributed by atoms with Crippen LogP contribution in [-0.4, -0.2) is 38.1 Å². The van der Waals surface area contributed by atoms with Gasteiger partial charge >= 0.3 is 0 Å². The first-order chi connectivity index (χ1) is 9.49. The summed E-state index contributed by atoms with van der Waals surface area (Å²) >= 11 is 4.76. The molecule has 0 bridgehead atoms. The highest BCUT2D eigenvalue weighted by Gasteiger charge is 2.21. The topological polar surface area (TPSA) is 94.3 Å². The van der Waals surface area contributed by atoms with Crippen molar-refractivity contribution >= 4 is 27.2 Å². The molecule has 110 valence electrons. The SMILES string of the molecule is NC(=S)c1ccc(S(=O)(=O)NCCOCC2CC2)cn1. The molecule has 3 N–H and O–H groups in total. The van der Waals surface area contributed by atoms with Gasteiger partial charge in [-0.1, -0.05) is 12.2 Å². The average Bonchev–Trinajstić information content (AvgIpc) is 3.22. The van der Waals surface area contributed by atoms with Crippen molar-refractivity contribution in [2.45, 2.75) is 17.7 Å². The summed E-state index contributed by atoms with van der Waals surface area (Å²) in [5.74, 6) is 0.670. The predicted octanol–water partition coefficient (Wildman–Crippen LogP) is 0.421. The van der Waals surface area contributed by atoms with E-state index in [1.807, 2.05) is 0 Å². The third-order valence-corrected chi connectivity index (χ3v) is 4.54. The van der Waals surface area contributed by atoms with Crippen molar-refractivity contribution in [1.82, 2.24) is 9.71 Å². The maximum absolute atomic E-state index is 12.0. The summed E-state index contributed by atoms with van der Waals surface area (Å²) in [5.41, 5.74) is 5.80. The summed E-state index contributed by atoms with van der Waals surface area (Å²) < 4.78 is 31.7. The maximum Gasteiger partial charge on any atom is 0.242 e. The van der Waals surface area contributed by atoms with E-state index in [0.29, 0.717) is 24.8 Å². The van der Waals surface area contributed by atoms with Gasteiger partial charge in [-0.2, -0.15) is 0 Å². The van der Waals surface area contributed by atoms with Crippen molar-refractivity contribution in [2.24, 2.45) is 11.7 Å². The van der Waals surface area contributed by atoms with Crippen LogP contribution in [0.5, 0.6) is 0 Å². The second-order valence-electron chi connectivity index (χ2n) is 4.66. The minimum atomic E-state index is -3.56. The highest BCUT2D eigenvalue weighted by Crippen LogP contribution is 2.28. The number of aromatic nitrogens is 1. The van der Waals surface area contributed by atoms with E-state index in [1.54, 1.807) is 0 Å². The fourth-order valence-corrected chi connectivity index (χ4v) is 2.63. The summed E-state index contributed by atoms with van der Waals surface area (Å²) in [6, 6.07) is 2.91. The molecule has 1 aromatic rings. The molecule has 8 heteroatoms. The Kier molecular flexibility index (Phi) is 5.03. The summed E-state index contributed by atoms with van der Waals surface area (Å²) in [6.45, 7) is 1.33. The first-order valence-corrected chi connectivity index (χ1v) is 8.21. The number of nitrogens with zero attached hydrogens (tertiary/aromatic N) is 1. The number of sulfonamides is 1. The standard InChI is InChI=1S/C12H17N3O3S2/c13-12(19)11-4-3-10(7-14-11)20(16,17)15-5-6-18-8-9-1-2-9/h3-4,7,9,15H,1-2,5-6,8H2,(H2,13,19). The Morgan fingerprint density at radius 3 is 2.80 bits per heavy atom. The van der Waals surface area contributed by atoms with E-state index >= 15 is 0 Å². The second kappa shape index (κ2) is 6.57. The summed E-state index contributed by atoms with van der Waals surface area (Å²) in [7, 11) is -3.56. The molecule has 0 aromatic carbocycles. The van der Waals surface area contributed by atoms with Crippen molar-refractivity contribution in [3.63, 3.8) is 0 Å². The van der Waals surface area contributed by atoms with Crippen molar-refractivity contribution in [1.29, 1.82) is 0 Å². The second-order valence-corrected chi connectivity index (χ2v) is 6.87. The number of thiocarbonyl (C=S) groups is 1. The molecular weight excluding hydrogens is 298 g/mol. The molecule has 1 aliphatic rings. The third kappa shape index (κ3) is 4.48. The lowest BCUT2D eigenvalue weighted by Gasteiger charge is -2.07. The Labute approximate surface area is 123 Å². The van der Waals surface area contributed by atoms with Crippen LogP contribution in [0.3, 0.4) is 0 Å². The Bertz CT molecular complexity index is 568. The maximum atomic E-state index is 12.0. The largest absolute Gasteiger partial charge is 0.388 e. The zero-order valence-electron chi connectivity index (χ0n) is 10.9. The molecule has 0 radical (unpaired) electrons. The van der Waals surface area contributed by atoms with E-state index in [4.69, 9.17) is 22.7 Å². The van der Waals surface area contributed by atoms with Crippen LogP contribution in [0.4, 0.5) is 0 Å². The van der Waals surface area contributed by atoms with Crippen LogP contribution in [0.1, 0.15) is 18.5 Å². The molecule has 0 unspecified atom stereocenters. The van der Waals surface area contributed by atoms with Gasteiger partial charge in [0.2, 0.25) is 10.0 Å². The molecule has 1 aliphatic carbocycles. The van der Waals surface area contributed by atoms with Crippen molar-refractivity contribution < 1.29 is 13.2 Å². The Morgan fingerprint density at radius 2 is 2.25 bits per heavy atom. The number of pyridine rings is 1. The molecule has 0 spiro atoms. The Hall–Kier alpha value is -1.09. The first kappa shape index (κ1) is 15.3. The molecule has 1 fully saturated rings. The number of hydrogen-bond acceptors (Lipinski definition) is 5. The number of hydrogen-bond donors (Lipinski definition) is 2. The average molecular weight is 315 g/mol. The lowest BCUT2D eigenvalue weighted by Crippen LogP contribution is -2.28. The minimum Gasteiger partial charge on any atom is -0.388 e. The van der Waals surface area contributed by atoms with Crippen molar-refractivity contribution in [2.75, 3.05) is 19.8 Å². The van der Waals surface area contributed by atoms with Crippen LogP contribution in [0.2, 0.25) is 0 Å².